The van der Waals surface area contributed by atoms with Gasteiger partial charge in [0.2, 0.25) is 0 Å². The fourth-order valence-corrected chi connectivity index (χ4v) is 2.43. The van der Waals surface area contributed by atoms with E-state index in [2.05, 4.69) is 22.9 Å². The highest BCUT2D eigenvalue weighted by Crippen LogP contribution is 2.27. The van der Waals surface area contributed by atoms with E-state index in [4.69, 9.17) is 14.9 Å². The molecule has 0 spiro atoms. The van der Waals surface area contributed by atoms with E-state index < -0.39 is 0 Å². The van der Waals surface area contributed by atoms with E-state index in [1.807, 2.05) is 43.3 Å². The largest absolute Gasteiger partial charge is 0.464 e. The lowest BCUT2D eigenvalue weighted by Gasteiger charge is -2.22. The highest BCUT2D eigenvalue weighted by Gasteiger charge is 2.22. The number of hydrogen-bond acceptors (Lipinski definition) is 3. The van der Waals surface area contributed by atoms with Crippen LogP contribution in [-0.2, 0) is 11.3 Å². The first-order valence-corrected chi connectivity index (χ1v) is 7.58. The molecule has 0 fully saturated rings. The van der Waals surface area contributed by atoms with Crippen LogP contribution in [0.4, 0.5) is 0 Å². The second-order valence-corrected chi connectivity index (χ2v) is 5.70. The van der Waals surface area contributed by atoms with Crippen molar-refractivity contribution in [3.05, 3.63) is 58.0 Å². The van der Waals surface area contributed by atoms with E-state index in [0.717, 1.165) is 28.0 Å². The van der Waals surface area contributed by atoms with E-state index in [1.165, 1.54) is 0 Å². The van der Waals surface area contributed by atoms with Crippen molar-refractivity contribution in [2.24, 2.45) is 5.73 Å². The number of hydrogen-bond donors (Lipinski definition) is 1. The van der Waals surface area contributed by atoms with Crippen molar-refractivity contribution >= 4 is 15.9 Å². The fraction of sp³-hybridized carbons (Fsp3) is 0.375. The zero-order valence-electron chi connectivity index (χ0n) is 11.8. The Morgan fingerprint density at radius 1 is 1.25 bits per heavy atom. The number of ether oxygens (including phenoxy) is 1. The Hall–Kier alpha value is -1.10. The summed E-state index contributed by atoms with van der Waals surface area (Å²) in [6.45, 7) is 4.47. The van der Waals surface area contributed by atoms with Crippen molar-refractivity contribution in [3.8, 4) is 0 Å². The monoisotopic (exact) mass is 337 g/mol. The van der Waals surface area contributed by atoms with Crippen molar-refractivity contribution < 1.29 is 9.15 Å². The van der Waals surface area contributed by atoms with E-state index in [0.29, 0.717) is 6.61 Å². The molecule has 0 saturated carbocycles. The molecule has 2 rings (SSSR count). The third kappa shape index (κ3) is 3.72. The molecule has 3 nitrogen and oxygen atoms in total. The van der Waals surface area contributed by atoms with Gasteiger partial charge < -0.3 is 14.9 Å². The SMILES string of the molecule is CCC(N)C(OCc1ccccc1Br)c1ccc(C)o1. The van der Waals surface area contributed by atoms with E-state index in [9.17, 15) is 0 Å². The van der Waals surface area contributed by atoms with Gasteiger partial charge in [-0.05, 0) is 37.1 Å². The first-order chi connectivity index (χ1) is 9.61. The van der Waals surface area contributed by atoms with Crippen LogP contribution in [0.2, 0.25) is 0 Å². The van der Waals surface area contributed by atoms with Gasteiger partial charge in [-0.25, -0.2) is 0 Å². The lowest BCUT2D eigenvalue weighted by atomic mass is 10.1. The Bertz CT molecular complexity index is 553. The van der Waals surface area contributed by atoms with Crippen LogP contribution in [0.1, 0.15) is 36.5 Å². The molecular weight excluding hydrogens is 318 g/mol. The summed E-state index contributed by atoms with van der Waals surface area (Å²) in [6, 6.07) is 11.8. The lowest BCUT2D eigenvalue weighted by molar-refractivity contribution is 0.00678. The second-order valence-electron chi connectivity index (χ2n) is 4.84. The van der Waals surface area contributed by atoms with Crippen LogP contribution in [0.25, 0.3) is 0 Å². The zero-order valence-corrected chi connectivity index (χ0v) is 13.4. The summed E-state index contributed by atoms with van der Waals surface area (Å²) < 4.78 is 12.7. The maximum Gasteiger partial charge on any atom is 0.134 e. The molecule has 1 aromatic carbocycles. The molecule has 0 bridgehead atoms. The molecule has 108 valence electrons. The van der Waals surface area contributed by atoms with Crippen LogP contribution < -0.4 is 5.73 Å². The molecule has 1 aromatic heterocycles. The molecular formula is C16H20BrNO2. The predicted octanol–water partition coefficient (Wildman–Crippen LogP) is 4.35. The highest BCUT2D eigenvalue weighted by atomic mass is 79.9. The highest BCUT2D eigenvalue weighted by molar-refractivity contribution is 9.10. The van der Waals surface area contributed by atoms with Gasteiger partial charge in [0.15, 0.2) is 0 Å². The number of benzene rings is 1. The van der Waals surface area contributed by atoms with E-state index in [-0.39, 0.29) is 12.1 Å². The molecule has 0 aliphatic rings. The minimum atomic E-state index is -0.221. The average molecular weight is 338 g/mol. The van der Waals surface area contributed by atoms with Crippen LogP contribution in [0.5, 0.6) is 0 Å². The average Bonchev–Trinajstić information content (AvgIpc) is 2.87. The first-order valence-electron chi connectivity index (χ1n) is 6.78. The summed E-state index contributed by atoms with van der Waals surface area (Å²) in [4.78, 5) is 0. The summed E-state index contributed by atoms with van der Waals surface area (Å²) in [5.41, 5.74) is 7.26. The molecule has 2 aromatic rings. The van der Waals surface area contributed by atoms with Crippen molar-refractivity contribution in [2.45, 2.75) is 39.0 Å². The van der Waals surface area contributed by atoms with E-state index >= 15 is 0 Å². The smallest absolute Gasteiger partial charge is 0.134 e. The minimum absolute atomic E-state index is 0.0805. The van der Waals surface area contributed by atoms with Crippen molar-refractivity contribution in [2.75, 3.05) is 0 Å². The van der Waals surface area contributed by atoms with Gasteiger partial charge in [-0.2, -0.15) is 0 Å². The molecule has 0 amide bonds. The van der Waals surface area contributed by atoms with Gasteiger partial charge in [-0.3, -0.25) is 0 Å². The molecule has 2 unspecified atom stereocenters. The molecule has 20 heavy (non-hydrogen) atoms. The summed E-state index contributed by atoms with van der Waals surface area (Å²) >= 11 is 3.53. The van der Waals surface area contributed by atoms with Crippen molar-refractivity contribution in [1.29, 1.82) is 0 Å². The van der Waals surface area contributed by atoms with Gasteiger partial charge in [0.05, 0.1) is 6.61 Å². The summed E-state index contributed by atoms with van der Waals surface area (Å²) in [5, 5.41) is 0. The van der Waals surface area contributed by atoms with Crippen LogP contribution in [0, 0.1) is 6.92 Å². The third-order valence-corrected chi connectivity index (χ3v) is 4.05. The van der Waals surface area contributed by atoms with Crippen LogP contribution >= 0.6 is 15.9 Å². The van der Waals surface area contributed by atoms with Crippen molar-refractivity contribution in [1.82, 2.24) is 0 Å². The standard InChI is InChI=1S/C16H20BrNO2/c1-3-14(18)16(15-9-8-11(2)20-15)19-10-12-6-4-5-7-13(12)17/h4-9,14,16H,3,10,18H2,1-2H3. The number of halogens is 1. The molecule has 2 N–H and O–H groups in total. The molecule has 1 heterocycles. The fourth-order valence-electron chi connectivity index (χ4n) is 2.03. The second kappa shape index (κ2) is 7.07. The summed E-state index contributed by atoms with van der Waals surface area (Å²) in [7, 11) is 0. The van der Waals surface area contributed by atoms with Gasteiger partial charge >= 0.3 is 0 Å². The zero-order chi connectivity index (χ0) is 14.5. The Labute approximate surface area is 128 Å². The molecule has 0 radical (unpaired) electrons. The Morgan fingerprint density at radius 2 is 2.00 bits per heavy atom. The van der Waals surface area contributed by atoms with Gasteiger partial charge in [-0.15, -0.1) is 0 Å². The van der Waals surface area contributed by atoms with Gasteiger partial charge in [0.1, 0.15) is 17.6 Å². The molecule has 4 heteroatoms. The maximum absolute atomic E-state index is 6.16. The van der Waals surface area contributed by atoms with Crippen LogP contribution in [-0.4, -0.2) is 6.04 Å². The molecule has 0 aliphatic carbocycles. The Balaban J connectivity index is 2.11. The summed E-state index contributed by atoms with van der Waals surface area (Å²) in [5.74, 6) is 1.67. The molecule has 0 aliphatic heterocycles. The van der Waals surface area contributed by atoms with E-state index in [1.54, 1.807) is 0 Å². The topological polar surface area (TPSA) is 48.4 Å². The van der Waals surface area contributed by atoms with Crippen LogP contribution in [0.15, 0.2) is 45.3 Å². The third-order valence-electron chi connectivity index (χ3n) is 3.28. The lowest BCUT2D eigenvalue weighted by Crippen LogP contribution is -2.29. The van der Waals surface area contributed by atoms with Crippen molar-refractivity contribution in [3.63, 3.8) is 0 Å². The Morgan fingerprint density at radius 3 is 2.60 bits per heavy atom. The molecule has 0 saturated heterocycles. The van der Waals surface area contributed by atoms with Crippen LogP contribution in [0.3, 0.4) is 0 Å². The minimum Gasteiger partial charge on any atom is -0.464 e. The summed E-state index contributed by atoms with van der Waals surface area (Å²) in [6.07, 6.45) is 0.612. The van der Waals surface area contributed by atoms with Gasteiger partial charge in [0, 0.05) is 10.5 Å². The predicted molar refractivity (Wildman–Crippen MR) is 83.4 cm³/mol. The number of nitrogens with two attached hydrogens (primary N) is 1. The first kappa shape index (κ1) is 15.3. The normalized spacial score (nSPS) is 14.2. The maximum atomic E-state index is 6.16. The van der Waals surface area contributed by atoms with Gasteiger partial charge in [-0.1, -0.05) is 41.1 Å². The molecule has 2 atom stereocenters. The number of furan rings is 1. The Kier molecular flexibility index (Phi) is 5.40. The number of rotatable bonds is 6. The number of aryl methyl sites for hydroxylation is 1. The van der Waals surface area contributed by atoms with Gasteiger partial charge in [0.25, 0.3) is 0 Å². The quantitative estimate of drug-likeness (QED) is 0.852.